The minimum absolute atomic E-state index is 0.0797. The van der Waals surface area contributed by atoms with Crippen LogP contribution in [0.25, 0.3) is 0 Å². The molecule has 0 radical (unpaired) electrons. The maximum Gasteiger partial charge on any atom is 0.348 e. The number of hydrogen-bond acceptors (Lipinski definition) is 4. The second-order valence-corrected chi connectivity index (χ2v) is 5.67. The van der Waals surface area contributed by atoms with E-state index in [0.717, 1.165) is 5.69 Å². The first kappa shape index (κ1) is 11.6. The Morgan fingerprint density at radius 1 is 1.69 bits per heavy atom. The lowest BCUT2D eigenvalue weighted by Gasteiger charge is -2.12. The fourth-order valence-corrected chi connectivity index (χ4v) is 2.97. The van der Waals surface area contributed by atoms with Crippen molar-refractivity contribution < 1.29 is 14.3 Å². The van der Waals surface area contributed by atoms with E-state index >= 15 is 0 Å². The van der Waals surface area contributed by atoms with Gasteiger partial charge in [-0.25, -0.2) is 4.79 Å². The molecule has 1 fully saturated rings. The van der Waals surface area contributed by atoms with Crippen molar-refractivity contribution in [1.29, 1.82) is 0 Å². The van der Waals surface area contributed by atoms with Gasteiger partial charge in [0.05, 0.1) is 12.8 Å². The average molecular weight is 304 g/mol. The van der Waals surface area contributed by atoms with Crippen molar-refractivity contribution in [3.8, 4) is 0 Å². The largest absolute Gasteiger partial charge is 0.465 e. The summed E-state index contributed by atoms with van der Waals surface area (Å²) < 4.78 is 4.62. The second kappa shape index (κ2) is 4.55. The van der Waals surface area contributed by atoms with E-state index in [1.54, 1.807) is 16.3 Å². The predicted molar refractivity (Wildman–Crippen MR) is 65.3 cm³/mol. The summed E-state index contributed by atoms with van der Waals surface area (Å²) in [6.07, 6.45) is 0.503. The molecule has 0 aliphatic carbocycles. The molecule has 0 N–H and O–H groups in total. The first-order valence-corrected chi connectivity index (χ1v) is 6.52. The summed E-state index contributed by atoms with van der Waals surface area (Å²) >= 11 is 4.70. The molecule has 1 aliphatic heterocycles. The molecule has 0 aromatic carbocycles. The Hall–Kier alpha value is -0.880. The van der Waals surface area contributed by atoms with Gasteiger partial charge in [0.15, 0.2) is 0 Å². The van der Waals surface area contributed by atoms with E-state index in [1.807, 2.05) is 0 Å². The van der Waals surface area contributed by atoms with Gasteiger partial charge in [0.2, 0.25) is 5.91 Å². The van der Waals surface area contributed by atoms with Crippen molar-refractivity contribution in [2.24, 2.45) is 0 Å². The molecule has 0 spiro atoms. The van der Waals surface area contributed by atoms with Gasteiger partial charge in [0.1, 0.15) is 4.88 Å². The third-order valence-corrected chi connectivity index (χ3v) is 3.87. The molecule has 1 aromatic heterocycles. The smallest absolute Gasteiger partial charge is 0.348 e. The zero-order valence-corrected chi connectivity index (χ0v) is 11.0. The van der Waals surface area contributed by atoms with E-state index in [1.165, 1.54) is 18.4 Å². The number of halogens is 1. The Morgan fingerprint density at radius 3 is 3.00 bits per heavy atom. The molecular weight excluding hydrogens is 294 g/mol. The highest BCUT2D eigenvalue weighted by atomic mass is 79.9. The molecule has 86 valence electrons. The Balaban J connectivity index is 2.19. The van der Waals surface area contributed by atoms with Crippen LogP contribution in [0.4, 0.5) is 5.69 Å². The molecule has 0 bridgehead atoms. The molecule has 1 unspecified atom stereocenters. The van der Waals surface area contributed by atoms with E-state index < -0.39 is 0 Å². The van der Waals surface area contributed by atoms with Crippen molar-refractivity contribution in [3.05, 3.63) is 16.3 Å². The Labute approximate surface area is 105 Å². The predicted octanol–water partition coefficient (Wildman–Crippen LogP) is 2.03. The van der Waals surface area contributed by atoms with Gasteiger partial charge in [-0.2, -0.15) is 0 Å². The van der Waals surface area contributed by atoms with Crippen LogP contribution >= 0.6 is 27.3 Å². The number of methoxy groups -OCH3 is 1. The lowest BCUT2D eigenvalue weighted by Crippen LogP contribution is -2.23. The van der Waals surface area contributed by atoms with Gasteiger partial charge < -0.3 is 9.64 Å². The fourth-order valence-electron chi connectivity index (χ4n) is 1.59. The van der Waals surface area contributed by atoms with Gasteiger partial charge in [-0.3, -0.25) is 4.79 Å². The van der Waals surface area contributed by atoms with Crippen molar-refractivity contribution in [2.45, 2.75) is 11.2 Å². The van der Waals surface area contributed by atoms with Crippen molar-refractivity contribution in [1.82, 2.24) is 0 Å². The SMILES string of the molecule is COC(=O)c1cc(N2CC(Br)CC2=O)cs1. The van der Waals surface area contributed by atoms with E-state index in [0.29, 0.717) is 17.8 Å². The summed E-state index contributed by atoms with van der Waals surface area (Å²) in [6, 6.07) is 1.69. The highest BCUT2D eigenvalue weighted by Gasteiger charge is 2.29. The Morgan fingerprint density at radius 2 is 2.44 bits per heavy atom. The fraction of sp³-hybridized carbons (Fsp3) is 0.400. The van der Waals surface area contributed by atoms with Gasteiger partial charge in [0.25, 0.3) is 0 Å². The van der Waals surface area contributed by atoms with E-state index in [4.69, 9.17) is 0 Å². The molecule has 6 heteroatoms. The summed E-state index contributed by atoms with van der Waals surface area (Å²) in [6.45, 7) is 0.649. The number of carbonyl (C=O) groups excluding carboxylic acids is 2. The van der Waals surface area contributed by atoms with Crippen LogP contribution in [0.3, 0.4) is 0 Å². The van der Waals surface area contributed by atoms with E-state index in [9.17, 15) is 9.59 Å². The van der Waals surface area contributed by atoms with E-state index in [-0.39, 0.29) is 16.7 Å². The zero-order valence-electron chi connectivity index (χ0n) is 8.60. The number of thiophene rings is 1. The van der Waals surface area contributed by atoms with Crippen LogP contribution in [-0.2, 0) is 9.53 Å². The summed E-state index contributed by atoms with van der Waals surface area (Å²) in [5, 5.41) is 1.80. The van der Waals surface area contributed by atoms with Gasteiger partial charge >= 0.3 is 5.97 Å². The van der Waals surface area contributed by atoms with Crippen LogP contribution in [0.1, 0.15) is 16.1 Å². The van der Waals surface area contributed by atoms with Gasteiger partial charge in [-0.15, -0.1) is 11.3 Å². The summed E-state index contributed by atoms with van der Waals surface area (Å²) in [5.41, 5.74) is 0.775. The van der Waals surface area contributed by atoms with Gasteiger partial charge in [0, 0.05) is 23.2 Å². The number of amides is 1. The molecule has 2 heterocycles. The molecule has 1 amide bonds. The standard InChI is InChI=1S/C10H10BrNO3S/c1-15-10(14)8-3-7(5-16-8)12-4-6(11)2-9(12)13/h3,5-6H,2,4H2,1H3. The first-order chi connectivity index (χ1) is 7.61. The number of carbonyl (C=O) groups is 2. The Bertz CT molecular complexity index is 431. The molecule has 2 rings (SSSR count). The van der Waals surface area contributed by atoms with Crippen molar-refractivity contribution >= 4 is 44.8 Å². The highest BCUT2D eigenvalue weighted by molar-refractivity contribution is 9.09. The number of nitrogens with zero attached hydrogens (tertiary/aromatic N) is 1. The number of hydrogen-bond donors (Lipinski definition) is 0. The molecule has 4 nitrogen and oxygen atoms in total. The molecule has 1 aliphatic rings. The maximum absolute atomic E-state index is 11.6. The van der Waals surface area contributed by atoms with Crippen LogP contribution in [0, 0.1) is 0 Å². The Kier molecular flexibility index (Phi) is 3.30. The topological polar surface area (TPSA) is 46.6 Å². The molecule has 1 atom stereocenters. The van der Waals surface area contributed by atoms with Gasteiger partial charge in [-0.1, -0.05) is 15.9 Å². The molecular formula is C10H10BrNO3S. The molecule has 1 aromatic rings. The van der Waals surface area contributed by atoms with Crippen LogP contribution in [0.15, 0.2) is 11.4 Å². The third-order valence-electron chi connectivity index (χ3n) is 2.36. The minimum atomic E-state index is -0.363. The summed E-state index contributed by atoms with van der Waals surface area (Å²) in [5.74, 6) is -0.283. The normalized spacial score (nSPS) is 20.2. The molecule has 1 saturated heterocycles. The molecule has 0 saturated carbocycles. The minimum Gasteiger partial charge on any atom is -0.465 e. The number of rotatable bonds is 2. The number of alkyl halides is 1. The van der Waals surface area contributed by atoms with Crippen molar-refractivity contribution in [2.75, 3.05) is 18.6 Å². The summed E-state index contributed by atoms with van der Waals surface area (Å²) in [4.78, 5) is 25.3. The third kappa shape index (κ3) is 2.12. The van der Waals surface area contributed by atoms with Crippen LogP contribution in [0.2, 0.25) is 0 Å². The highest BCUT2D eigenvalue weighted by Crippen LogP contribution is 2.29. The second-order valence-electron chi connectivity index (χ2n) is 3.47. The maximum atomic E-state index is 11.6. The van der Waals surface area contributed by atoms with Crippen LogP contribution in [0.5, 0.6) is 0 Å². The monoisotopic (exact) mass is 303 g/mol. The summed E-state index contributed by atoms with van der Waals surface area (Å²) in [7, 11) is 1.34. The van der Waals surface area contributed by atoms with Crippen LogP contribution < -0.4 is 4.90 Å². The first-order valence-electron chi connectivity index (χ1n) is 4.73. The lowest BCUT2D eigenvalue weighted by molar-refractivity contribution is -0.117. The lowest BCUT2D eigenvalue weighted by atomic mass is 10.4. The van der Waals surface area contributed by atoms with Crippen LogP contribution in [-0.4, -0.2) is 30.4 Å². The number of ether oxygens (including phenoxy) is 1. The average Bonchev–Trinajstić information content (AvgIpc) is 2.83. The van der Waals surface area contributed by atoms with Crippen molar-refractivity contribution in [3.63, 3.8) is 0 Å². The zero-order chi connectivity index (χ0) is 11.7. The van der Waals surface area contributed by atoms with E-state index in [2.05, 4.69) is 20.7 Å². The number of anilines is 1. The molecule has 16 heavy (non-hydrogen) atoms. The van der Waals surface area contributed by atoms with Gasteiger partial charge in [-0.05, 0) is 6.07 Å². The number of esters is 1. The quantitative estimate of drug-likeness (QED) is 0.620.